The van der Waals surface area contributed by atoms with Crippen molar-refractivity contribution in [3.63, 3.8) is 0 Å². The fraction of sp³-hybridized carbons (Fsp3) is 0.292. The van der Waals surface area contributed by atoms with Crippen molar-refractivity contribution in [1.82, 2.24) is 24.4 Å². The van der Waals surface area contributed by atoms with Crippen LogP contribution in [0.4, 0.5) is 5.82 Å². The van der Waals surface area contributed by atoms with E-state index in [1.807, 2.05) is 43.8 Å². The molecule has 1 fully saturated rings. The normalized spacial score (nSPS) is 14.5. The number of hydrogen-bond acceptors (Lipinski definition) is 6. The van der Waals surface area contributed by atoms with E-state index in [1.54, 1.807) is 21.6 Å². The number of aromatic nitrogens is 5. The van der Waals surface area contributed by atoms with Crippen LogP contribution >= 0.6 is 0 Å². The molecule has 4 aromatic heterocycles. The summed E-state index contributed by atoms with van der Waals surface area (Å²) in [7, 11) is 1.87. The molecule has 0 spiro atoms. The number of fused-ring (bicyclic) bond motifs is 1. The molecule has 1 N–H and O–H groups in total. The molecule has 4 aromatic rings. The number of rotatable bonds is 5. The molecule has 9 heteroatoms. The van der Waals surface area contributed by atoms with Crippen molar-refractivity contribution in [3.8, 4) is 28.3 Å². The summed E-state index contributed by atoms with van der Waals surface area (Å²) < 4.78 is 3.48. The quantitative estimate of drug-likeness (QED) is 0.505. The lowest BCUT2D eigenvalue weighted by atomic mass is 9.93. The number of aryl methyl sites for hydroxylation is 1. The van der Waals surface area contributed by atoms with E-state index in [9.17, 15) is 10.1 Å². The van der Waals surface area contributed by atoms with Crippen LogP contribution in [0.2, 0.25) is 0 Å². The monoisotopic (exact) mass is 441 g/mol. The lowest BCUT2D eigenvalue weighted by Gasteiger charge is -2.32. The summed E-state index contributed by atoms with van der Waals surface area (Å²) in [5, 5.41) is 27.3. The van der Waals surface area contributed by atoms with Crippen molar-refractivity contribution in [3.05, 3.63) is 54.7 Å². The highest BCUT2D eigenvalue weighted by atomic mass is 16.4. The summed E-state index contributed by atoms with van der Waals surface area (Å²) in [5.74, 6) is 0.376. The van der Waals surface area contributed by atoms with Gasteiger partial charge in [-0.1, -0.05) is 0 Å². The molecule has 33 heavy (non-hydrogen) atoms. The van der Waals surface area contributed by atoms with Gasteiger partial charge in [-0.25, -0.2) is 9.50 Å². The SMILES string of the molecule is Cn1cc(-c2cc(-c3ccc(N4CCC(CC(=O)O)CC4)nc3)c3c(C#N)cnn3c2)cn1. The van der Waals surface area contributed by atoms with Crippen molar-refractivity contribution in [1.29, 1.82) is 5.26 Å². The van der Waals surface area contributed by atoms with E-state index >= 15 is 0 Å². The molecule has 9 nitrogen and oxygen atoms in total. The smallest absolute Gasteiger partial charge is 0.303 e. The Balaban J connectivity index is 1.47. The second-order valence-electron chi connectivity index (χ2n) is 8.44. The molecule has 0 radical (unpaired) electrons. The molecule has 0 saturated carbocycles. The van der Waals surface area contributed by atoms with Crippen LogP contribution in [-0.2, 0) is 11.8 Å². The van der Waals surface area contributed by atoms with Crippen LogP contribution in [-0.4, -0.2) is 48.5 Å². The summed E-state index contributed by atoms with van der Waals surface area (Å²) in [4.78, 5) is 17.9. The fourth-order valence-corrected chi connectivity index (χ4v) is 4.50. The molecule has 0 aliphatic carbocycles. The molecule has 0 unspecified atom stereocenters. The summed E-state index contributed by atoms with van der Waals surface area (Å²) >= 11 is 0. The predicted molar refractivity (Wildman–Crippen MR) is 123 cm³/mol. The molecule has 1 aliphatic heterocycles. The van der Waals surface area contributed by atoms with Gasteiger partial charge in [0.1, 0.15) is 11.9 Å². The number of piperidine rings is 1. The van der Waals surface area contributed by atoms with Gasteiger partial charge in [0.25, 0.3) is 0 Å². The average molecular weight is 441 g/mol. The van der Waals surface area contributed by atoms with Crippen LogP contribution in [0.25, 0.3) is 27.8 Å². The number of aliphatic carboxylic acids is 1. The van der Waals surface area contributed by atoms with Crippen molar-refractivity contribution in [2.75, 3.05) is 18.0 Å². The van der Waals surface area contributed by atoms with Gasteiger partial charge in [0.15, 0.2) is 0 Å². The lowest BCUT2D eigenvalue weighted by Crippen LogP contribution is -2.34. The minimum Gasteiger partial charge on any atom is -0.481 e. The molecule has 1 aliphatic rings. The van der Waals surface area contributed by atoms with Crippen molar-refractivity contribution >= 4 is 17.3 Å². The third-order valence-electron chi connectivity index (χ3n) is 6.23. The van der Waals surface area contributed by atoms with E-state index in [4.69, 9.17) is 10.1 Å². The Bertz CT molecular complexity index is 1360. The van der Waals surface area contributed by atoms with Gasteiger partial charge < -0.3 is 10.0 Å². The Morgan fingerprint density at radius 2 is 1.94 bits per heavy atom. The Kier molecular flexibility index (Phi) is 5.26. The Morgan fingerprint density at radius 3 is 2.58 bits per heavy atom. The third-order valence-corrected chi connectivity index (χ3v) is 6.23. The first-order valence-electron chi connectivity index (χ1n) is 10.9. The molecular formula is C24H23N7O2. The van der Waals surface area contributed by atoms with Gasteiger partial charge in [0.05, 0.1) is 23.5 Å². The van der Waals surface area contributed by atoms with Gasteiger partial charge >= 0.3 is 5.97 Å². The number of carboxylic acid groups (broad SMARTS) is 1. The zero-order valence-corrected chi connectivity index (χ0v) is 18.2. The number of anilines is 1. The van der Waals surface area contributed by atoms with E-state index in [1.165, 1.54) is 0 Å². The minimum atomic E-state index is -0.729. The molecule has 0 atom stereocenters. The van der Waals surface area contributed by atoms with Gasteiger partial charge in [-0.3, -0.25) is 9.48 Å². The Hall–Kier alpha value is -4.19. The second-order valence-corrected chi connectivity index (χ2v) is 8.44. The standard InChI is InChI=1S/C24H23N7O2/c1-29-14-20(13-27-29)18-9-21(24-19(10-25)12-28-31(24)15-18)17-2-3-22(26-11-17)30-6-4-16(5-7-30)8-23(32)33/h2-3,9,11-16H,4-8H2,1H3,(H,32,33). The van der Waals surface area contributed by atoms with Crippen molar-refractivity contribution < 1.29 is 9.90 Å². The molecule has 5 rings (SSSR count). The first-order chi connectivity index (χ1) is 16.0. The van der Waals surface area contributed by atoms with E-state index in [0.717, 1.165) is 59.5 Å². The third kappa shape index (κ3) is 4.03. The summed E-state index contributed by atoms with van der Waals surface area (Å²) in [6.45, 7) is 1.60. The van der Waals surface area contributed by atoms with Gasteiger partial charge in [-0.2, -0.15) is 15.5 Å². The number of carboxylic acids is 1. The van der Waals surface area contributed by atoms with E-state index in [2.05, 4.69) is 21.2 Å². The van der Waals surface area contributed by atoms with E-state index < -0.39 is 5.97 Å². The molecule has 0 bridgehead atoms. The number of nitrogens with zero attached hydrogens (tertiary/aromatic N) is 7. The van der Waals surface area contributed by atoms with Gasteiger partial charge in [0, 0.05) is 67.4 Å². The summed E-state index contributed by atoms with van der Waals surface area (Å²) in [6, 6.07) is 8.28. The fourth-order valence-electron chi connectivity index (χ4n) is 4.50. The highest BCUT2D eigenvalue weighted by molar-refractivity contribution is 5.87. The number of pyridine rings is 2. The van der Waals surface area contributed by atoms with Crippen LogP contribution in [0, 0.1) is 17.2 Å². The Morgan fingerprint density at radius 1 is 1.12 bits per heavy atom. The molecule has 5 heterocycles. The molecule has 166 valence electrons. The van der Waals surface area contributed by atoms with Crippen LogP contribution < -0.4 is 4.90 Å². The van der Waals surface area contributed by atoms with Crippen molar-refractivity contribution in [2.45, 2.75) is 19.3 Å². The summed E-state index contributed by atoms with van der Waals surface area (Å²) in [6.07, 6.45) is 11.0. The maximum Gasteiger partial charge on any atom is 0.303 e. The van der Waals surface area contributed by atoms with E-state index in [0.29, 0.717) is 5.56 Å². The number of nitriles is 1. The molecular weight excluding hydrogens is 418 g/mol. The lowest BCUT2D eigenvalue weighted by molar-refractivity contribution is -0.138. The first kappa shape index (κ1) is 20.7. The molecule has 1 saturated heterocycles. The molecule has 0 aromatic carbocycles. The Labute approximate surface area is 190 Å². The maximum atomic E-state index is 11.0. The van der Waals surface area contributed by atoms with Gasteiger partial charge in [0.2, 0.25) is 0 Å². The molecule has 0 amide bonds. The highest BCUT2D eigenvalue weighted by Gasteiger charge is 2.22. The van der Waals surface area contributed by atoms with Crippen LogP contribution in [0.15, 0.2) is 49.2 Å². The second kappa shape index (κ2) is 8.39. The number of carbonyl (C=O) groups is 1. The summed E-state index contributed by atoms with van der Waals surface area (Å²) in [5.41, 5.74) is 4.93. The topological polar surface area (TPSA) is 112 Å². The van der Waals surface area contributed by atoms with Gasteiger partial charge in [-0.05, 0) is 37.0 Å². The zero-order chi connectivity index (χ0) is 22.9. The maximum absolute atomic E-state index is 11.0. The average Bonchev–Trinajstić information content (AvgIpc) is 3.44. The van der Waals surface area contributed by atoms with Crippen LogP contribution in [0.5, 0.6) is 0 Å². The highest BCUT2D eigenvalue weighted by Crippen LogP contribution is 2.32. The van der Waals surface area contributed by atoms with Crippen LogP contribution in [0.3, 0.4) is 0 Å². The number of hydrogen-bond donors (Lipinski definition) is 1. The zero-order valence-electron chi connectivity index (χ0n) is 18.2. The largest absolute Gasteiger partial charge is 0.481 e. The minimum absolute atomic E-state index is 0.229. The van der Waals surface area contributed by atoms with Gasteiger partial charge in [-0.15, -0.1) is 0 Å². The van der Waals surface area contributed by atoms with Crippen molar-refractivity contribution in [2.24, 2.45) is 13.0 Å². The first-order valence-corrected chi connectivity index (χ1v) is 10.9. The van der Waals surface area contributed by atoms with Crippen LogP contribution in [0.1, 0.15) is 24.8 Å². The predicted octanol–water partition coefficient (Wildman–Crippen LogP) is 3.36. The van der Waals surface area contributed by atoms with E-state index in [-0.39, 0.29) is 12.3 Å².